The number of aromatic nitrogens is 1. The Morgan fingerprint density at radius 2 is 1.93 bits per heavy atom. The molecular formula is C13H12NO+. The van der Waals surface area contributed by atoms with Crippen LogP contribution in [0.15, 0.2) is 40.9 Å². The quantitative estimate of drug-likeness (QED) is 0.508. The monoisotopic (exact) mass is 198 g/mol. The van der Waals surface area contributed by atoms with E-state index in [-0.39, 0.29) is 0 Å². The van der Waals surface area contributed by atoms with Crippen molar-refractivity contribution >= 4 is 16.6 Å². The van der Waals surface area contributed by atoms with Crippen molar-refractivity contribution < 1.29 is 8.82 Å². The van der Waals surface area contributed by atoms with E-state index < -0.39 is 0 Å². The molecule has 0 saturated heterocycles. The third kappa shape index (κ3) is 1.14. The molecule has 0 unspecified atom stereocenters. The highest BCUT2D eigenvalue weighted by Crippen LogP contribution is 2.17. The van der Waals surface area contributed by atoms with Crippen molar-refractivity contribution in [1.82, 2.24) is 0 Å². The molecule has 0 aliphatic carbocycles. The maximum Gasteiger partial charge on any atom is 0.379 e. The Hall–Kier alpha value is -1.83. The molecule has 2 aromatic heterocycles. The minimum atomic E-state index is 0.906. The lowest BCUT2D eigenvalue weighted by Crippen LogP contribution is -2.19. The van der Waals surface area contributed by atoms with Crippen molar-refractivity contribution in [2.75, 3.05) is 0 Å². The molecule has 0 radical (unpaired) electrons. The van der Waals surface area contributed by atoms with Gasteiger partial charge in [-0.1, -0.05) is 12.1 Å². The van der Waals surface area contributed by atoms with Crippen LogP contribution in [0.1, 0.15) is 11.3 Å². The minimum Gasteiger partial charge on any atom is -0.403 e. The Morgan fingerprint density at radius 3 is 2.80 bits per heavy atom. The predicted molar refractivity (Wildman–Crippen MR) is 58.8 cm³/mol. The summed E-state index contributed by atoms with van der Waals surface area (Å²) in [5.74, 6) is 0.936. The van der Waals surface area contributed by atoms with Gasteiger partial charge in [0.1, 0.15) is 0 Å². The van der Waals surface area contributed by atoms with Gasteiger partial charge in [-0.15, -0.1) is 4.40 Å². The number of hydrogen-bond acceptors (Lipinski definition) is 1. The van der Waals surface area contributed by atoms with E-state index in [2.05, 4.69) is 41.7 Å². The van der Waals surface area contributed by atoms with E-state index in [0.717, 1.165) is 11.5 Å². The lowest BCUT2D eigenvalue weighted by molar-refractivity contribution is -0.483. The summed E-state index contributed by atoms with van der Waals surface area (Å²) >= 11 is 0. The molecule has 2 nitrogen and oxygen atoms in total. The van der Waals surface area contributed by atoms with Crippen molar-refractivity contribution in [2.45, 2.75) is 13.8 Å². The molecule has 1 aromatic carbocycles. The van der Waals surface area contributed by atoms with Gasteiger partial charge in [0.05, 0.1) is 11.5 Å². The van der Waals surface area contributed by atoms with Crippen molar-refractivity contribution in [3.63, 3.8) is 0 Å². The predicted octanol–water partition coefficient (Wildman–Crippen LogP) is 2.79. The normalized spacial score (nSPS) is 11.3. The first kappa shape index (κ1) is 8.48. The smallest absolute Gasteiger partial charge is 0.379 e. The molecule has 0 saturated carbocycles. The van der Waals surface area contributed by atoms with Gasteiger partial charge in [-0.3, -0.25) is 0 Å². The van der Waals surface area contributed by atoms with E-state index in [0.29, 0.717) is 0 Å². The number of nitrogens with zero attached hydrogens (tertiary/aromatic N) is 1. The lowest BCUT2D eigenvalue weighted by Gasteiger charge is -1.95. The molecule has 2 heterocycles. The highest BCUT2D eigenvalue weighted by Gasteiger charge is 2.15. The summed E-state index contributed by atoms with van der Waals surface area (Å²) in [6.45, 7) is 4.08. The number of hydrogen-bond donors (Lipinski definition) is 0. The van der Waals surface area contributed by atoms with E-state index in [9.17, 15) is 0 Å². The van der Waals surface area contributed by atoms with Gasteiger partial charge < -0.3 is 4.42 Å². The van der Waals surface area contributed by atoms with Crippen LogP contribution in [0.2, 0.25) is 0 Å². The highest BCUT2D eigenvalue weighted by molar-refractivity contribution is 5.80. The van der Waals surface area contributed by atoms with Gasteiger partial charge in [0, 0.05) is 13.0 Å². The van der Waals surface area contributed by atoms with Crippen molar-refractivity contribution in [3.05, 3.63) is 47.9 Å². The molecule has 0 fully saturated rings. The standard InChI is InChI=1S/C13H12NO/c1-9-7-13-14(8-10(2)15-13)12-6-4-3-5-11(9)12/h3-8H,1-2H3/q+1. The Morgan fingerprint density at radius 1 is 1.13 bits per heavy atom. The van der Waals surface area contributed by atoms with Crippen LogP contribution in [0.3, 0.4) is 0 Å². The Balaban J connectivity index is 2.62. The Kier molecular flexibility index (Phi) is 1.60. The van der Waals surface area contributed by atoms with E-state index >= 15 is 0 Å². The third-order valence-corrected chi connectivity index (χ3v) is 2.74. The van der Waals surface area contributed by atoms with Crippen LogP contribution in [0.25, 0.3) is 16.6 Å². The zero-order valence-corrected chi connectivity index (χ0v) is 8.82. The summed E-state index contributed by atoms with van der Waals surface area (Å²) in [4.78, 5) is 0. The van der Waals surface area contributed by atoms with Gasteiger partial charge in [0.25, 0.3) is 0 Å². The van der Waals surface area contributed by atoms with Crippen LogP contribution in [0, 0.1) is 13.8 Å². The van der Waals surface area contributed by atoms with Crippen molar-refractivity contribution in [3.8, 4) is 0 Å². The minimum absolute atomic E-state index is 0.906. The van der Waals surface area contributed by atoms with Gasteiger partial charge in [-0.25, -0.2) is 0 Å². The van der Waals surface area contributed by atoms with Gasteiger partial charge in [-0.05, 0) is 18.6 Å². The molecule has 0 bridgehead atoms. The summed E-state index contributed by atoms with van der Waals surface area (Å²) in [5, 5.41) is 1.27. The van der Waals surface area contributed by atoms with E-state index in [1.54, 1.807) is 0 Å². The van der Waals surface area contributed by atoms with Crippen LogP contribution >= 0.6 is 0 Å². The first-order valence-corrected chi connectivity index (χ1v) is 5.06. The molecule has 0 aliphatic heterocycles. The zero-order valence-electron chi connectivity index (χ0n) is 8.82. The zero-order chi connectivity index (χ0) is 10.4. The second-order valence-corrected chi connectivity index (χ2v) is 3.89. The molecule has 0 amide bonds. The van der Waals surface area contributed by atoms with E-state index in [1.165, 1.54) is 16.5 Å². The maximum absolute atomic E-state index is 5.62. The molecule has 3 rings (SSSR count). The van der Waals surface area contributed by atoms with Crippen molar-refractivity contribution in [1.29, 1.82) is 0 Å². The third-order valence-electron chi connectivity index (χ3n) is 2.74. The van der Waals surface area contributed by atoms with Crippen molar-refractivity contribution in [2.24, 2.45) is 0 Å². The number of pyridine rings is 1. The maximum atomic E-state index is 5.62. The topological polar surface area (TPSA) is 17.2 Å². The van der Waals surface area contributed by atoms with Crippen LogP contribution in [-0.2, 0) is 0 Å². The summed E-state index contributed by atoms with van der Waals surface area (Å²) < 4.78 is 7.71. The van der Waals surface area contributed by atoms with Crippen LogP contribution < -0.4 is 4.40 Å². The average Bonchev–Trinajstić information content (AvgIpc) is 2.59. The fourth-order valence-corrected chi connectivity index (χ4v) is 2.05. The molecule has 0 N–H and O–H groups in total. The number of aryl methyl sites for hydroxylation is 2. The summed E-state index contributed by atoms with van der Waals surface area (Å²) in [7, 11) is 0. The Labute approximate surface area is 87.8 Å². The summed E-state index contributed by atoms with van der Waals surface area (Å²) in [6, 6.07) is 10.4. The number of fused-ring (bicyclic) bond motifs is 3. The number of rotatable bonds is 0. The second-order valence-electron chi connectivity index (χ2n) is 3.89. The molecule has 74 valence electrons. The van der Waals surface area contributed by atoms with E-state index in [4.69, 9.17) is 4.42 Å². The first-order valence-electron chi connectivity index (χ1n) is 5.06. The fourth-order valence-electron chi connectivity index (χ4n) is 2.05. The number of benzene rings is 1. The largest absolute Gasteiger partial charge is 0.403 e. The molecule has 15 heavy (non-hydrogen) atoms. The molecule has 0 spiro atoms. The second kappa shape index (κ2) is 2.83. The summed E-state index contributed by atoms with van der Waals surface area (Å²) in [5.41, 5.74) is 3.35. The molecule has 2 heteroatoms. The fraction of sp³-hybridized carbons (Fsp3) is 0.154. The first-order chi connectivity index (χ1) is 7.25. The molecule has 0 atom stereocenters. The van der Waals surface area contributed by atoms with Gasteiger partial charge in [0.2, 0.25) is 11.7 Å². The Bertz CT molecular complexity index is 652. The SMILES string of the molecule is Cc1c[n+]2c(cc(C)c3ccccc32)o1. The van der Waals surface area contributed by atoms with Gasteiger partial charge in [-0.2, -0.15) is 0 Å². The van der Waals surface area contributed by atoms with Crippen LogP contribution in [0.5, 0.6) is 0 Å². The molecular weight excluding hydrogens is 186 g/mol. The number of oxazole rings is 1. The van der Waals surface area contributed by atoms with E-state index in [1.807, 2.05) is 13.1 Å². The number of para-hydroxylation sites is 1. The van der Waals surface area contributed by atoms with Crippen LogP contribution in [-0.4, -0.2) is 0 Å². The molecule has 0 aliphatic rings. The lowest BCUT2D eigenvalue weighted by atomic mass is 10.1. The van der Waals surface area contributed by atoms with Gasteiger partial charge >= 0.3 is 5.71 Å². The van der Waals surface area contributed by atoms with Crippen LogP contribution in [0.4, 0.5) is 0 Å². The molecule has 3 aromatic rings. The summed E-state index contributed by atoms with van der Waals surface area (Å²) in [6.07, 6.45) is 2.02. The van der Waals surface area contributed by atoms with Gasteiger partial charge in [0.15, 0.2) is 5.76 Å². The average molecular weight is 198 g/mol. The highest BCUT2D eigenvalue weighted by atomic mass is 16.3.